The zero-order valence-electron chi connectivity index (χ0n) is 10.2. The molecule has 5 atom stereocenters. The Morgan fingerprint density at radius 3 is 3.00 bits per heavy atom. The fourth-order valence-corrected chi connectivity index (χ4v) is 4.55. The van der Waals surface area contributed by atoms with Gasteiger partial charge < -0.3 is 0 Å². The summed E-state index contributed by atoms with van der Waals surface area (Å²) < 4.78 is 2.12. The van der Waals surface area contributed by atoms with Gasteiger partial charge in [0.1, 0.15) is 5.69 Å². The van der Waals surface area contributed by atoms with Gasteiger partial charge in [0.15, 0.2) is 12.1 Å². The first-order chi connectivity index (χ1) is 9.29. The molecule has 0 radical (unpaired) electrons. The normalized spacial score (nSPS) is 44.4. The Kier molecular flexibility index (Phi) is 1.71. The zero-order valence-corrected chi connectivity index (χ0v) is 11.0. The number of nitrogens with one attached hydrogen (secondary N) is 1. The highest BCUT2D eigenvalue weighted by Crippen LogP contribution is 2.65. The van der Waals surface area contributed by atoms with E-state index in [0.717, 1.165) is 17.3 Å². The van der Waals surface area contributed by atoms with Crippen LogP contribution in [0, 0.1) is 11.3 Å². The van der Waals surface area contributed by atoms with Crippen molar-refractivity contribution in [3.8, 4) is 0 Å². The minimum Gasteiger partial charge on any atom is -0.193 e. The molecule has 2 fully saturated rings. The van der Waals surface area contributed by atoms with Crippen LogP contribution in [0.3, 0.4) is 0 Å². The molecule has 6 heteroatoms. The molecule has 1 N–H and O–H groups in total. The van der Waals surface area contributed by atoms with Crippen LogP contribution < -0.4 is 5.43 Å². The van der Waals surface area contributed by atoms with Gasteiger partial charge in [-0.2, -0.15) is 15.7 Å². The minimum atomic E-state index is 0.224. The lowest BCUT2D eigenvalue weighted by Crippen LogP contribution is -2.49. The van der Waals surface area contributed by atoms with E-state index in [2.05, 4.69) is 25.6 Å². The van der Waals surface area contributed by atoms with Crippen LogP contribution in [0.25, 0.3) is 0 Å². The molecule has 0 spiro atoms. The molecule has 1 aromatic rings. The Hall–Kier alpha value is -1.49. The summed E-state index contributed by atoms with van der Waals surface area (Å²) in [5, 5.41) is 14.0. The van der Waals surface area contributed by atoms with Gasteiger partial charge in [-0.15, -0.1) is 4.70 Å². The molecule has 0 saturated heterocycles. The number of hydrogen-bond donors (Lipinski definition) is 1. The fraction of sp³-hybridized carbons (Fsp3) is 0.538. The molecule has 2 aliphatic carbocycles. The highest BCUT2D eigenvalue weighted by atomic mass is 35.5. The molecule has 5 unspecified atom stereocenters. The second-order valence-electron chi connectivity index (χ2n) is 5.98. The van der Waals surface area contributed by atoms with E-state index in [0.29, 0.717) is 24.0 Å². The molecule has 96 valence electrons. The average Bonchev–Trinajstić information content (AvgIpc) is 3.06. The maximum absolute atomic E-state index is 5.96. The lowest BCUT2D eigenvalue weighted by Gasteiger charge is -2.39. The maximum Gasteiger partial charge on any atom is 0.175 e. The Labute approximate surface area is 115 Å². The maximum atomic E-state index is 5.96. The zero-order chi connectivity index (χ0) is 12.6. The number of halogens is 1. The van der Waals surface area contributed by atoms with Crippen molar-refractivity contribution >= 4 is 17.3 Å². The van der Waals surface area contributed by atoms with E-state index < -0.39 is 0 Å². The van der Waals surface area contributed by atoms with Gasteiger partial charge in [0.2, 0.25) is 0 Å². The van der Waals surface area contributed by atoms with Gasteiger partial charge in [-0.25, -0.2) is 0 Å². The van der Waals surface area contributed by atoms with Crippen molar-refractivity contribution < 1.29 is 4.70 Å². The molecule has 5 rings (SSSR count). The first kappa shape index (κ1) is 10.3. The topological polar surface area (TPSA) is 52.1 Å². The summed E-state index contributed by atoms with van der Waals surface area (Å²) >= 11 is 5.96. The van der Waals surface area contributed by atoms with Gasteiger partial charge in [0.25, 0.3) is 0 Å². The van der Waals surface area contributed by atoms with E-state index in [-0.39, 0.29) is 5.41 Å². The van der Waals surface area contributed by atoms with E-state index in [1.54, 1.807) is 0 Å². The van der Waals surface area contributed by atoms with E-state index in [1.165, 1.54) is 6.42 Å². The first-order valence-corrected chi connectivity index (χ1v) is 7.05. The number of fused-ring (bicyclic) bond motifs is 2. The van der Waals surface area contributed by atoms with Crippen LogP contribution >= 0.6 is 11.6 Å². The predicted molar refractivity (Wildman–Crippen MR) is 68.6 cm³/mol. The van der Waals surface area contributed by atoms with Crippen LogP contribution in [0.15, 0.2) is 39.7 Å². The number of nitrogens with zero attached hydrogens (tertiary/aromatic N) is 4. The lowest BCUT2D eigenvalue weighted by molar-refractivity contribution is -0.552. The molecule has 0 amide bonds. The van der Waals surface area contributed by atoms with Crippen molar-refractivity contribution in [3.05, 3.63) is 29.3 Å². The Bertz CT molecular complexity index is 624. The highest BCUT2D eigenvalue weighted by Gasteiger charge is 2.78. The van der Waals surface area contributed by atoms with Gasteiger partial charge in [-0.05, 0) is 30.7 Å². The quantitative estimate of drug-likeness (QED) is 0.786. The summed E-state index contributed by atoms with van der Waals surface area (Å²) in [4.78, 5) is 0. The Balaban J connectivity index is 1.58. The van der Waals surface area contributed by atoms with Crippen LogP contribution in [0.1, 0.15) is 6.42 Å². The largest absolute Gasteiger partial charge is 0.193 e. The van der Waals surface area contributed by atoms with Gasteiger partial charge in [0, 0.05) is 10.9 Å². The third-order valence-corrected chi connectivity index (χ3v) is 5.49. The number of rotatable bonds is 1. The van der Waals surface area contributed by atoms with Gasteiger partial charge in [-0.1, -0.05) is 11.6 Å². The van der Waals surface area contributed by atoms with Crippen LogP contribution in [-0.2, 0) is 0 Å². The average molecular weight is 275 g/mol. The molecule has 4 aliphatic rings. The molecule has 1 aromatic carbocycles. The van der Waals surface area contributed by atoms with Crippen molar-refractivity contribution in [2.45, 2.75) is 24.5 Å². The molecular weight excluding hydrogens is 262 g/mol. The van der Waals surface area contributed by atoms with Crippen molar-refractivity contribution in [3.63, 3.8) is 0 Å². The summed E-state index contributed by atoms with van der Waals surface area (Å²) in [6.45, 7) is 0.858. The molecular formula is C13H13ClN5+. The molecule has 2 heterocycles. The van der Waals surface area contributed by atoms with Crippen LogP contribution in [-0.4, -0.2) is 29.4 Å². The van der Waals surface area contributed by atoms with Crippen LogP contribution in [0.4, 0.5) is 5.69 Å². The molecule has 0 aromatic heterocycles. The predicted octanol–water partition coefficient (Wildman–Crippen LogP) is 2.55. The molecule has 2 aliphatic heterocycles. The smallest absolute Gasteiger partial charge is 0.175 e. The standard InChI is InChI=1S/C13H12ClN5/c14-7-1-3-8(4-2-7)19-12-10(16-18-19)9-5-13(12)6-15-17-11(9)13/h1-4,9-12H,5-6H2/p+1. The Morgan fingerprint density at radius 1 is 1.32 bits per heavy atom. The first-order valence-electron chi connectivity index (χ1n) is 6.67. The van der Waals surface area contributed by atoms with E-state index in [9.17, 15) is 0 Å². The fourth-order valence-electron chi connectivity index (χ4n) is 4.43. The number of hydrogen-bond acceptors (Lipinski definition) is 4. The summed E-state index contributed by atoms with van der Waals surface area (Å²) in [6.07, 6.45) is 1.23. The second-order valence-corrected chi connectivity index (χ2v) is 6.42. The summed E-state index contributed by atoms with van der Waals surface area (Å²) in [5.41, 5.74) is 4.63. The summed E-state index contributed by atoms with van der Waals surface area (Å²) in [5.74, 6) is 0.609. The van der Waals surface area contributed by atoms with E-state index in [4.69, 9.17) is 11.6 Å². The third-order valence-electron chi connectivity index (χ3n) is 5.24. The van der Waals surface area contributed by atoms with Crippen LogP contribution in [0.5, 0.6) is 0 Å². The van der Waals surface area contributed by atoms with Gasteiger partial charge in [0.05, 0.1) is 23.2 Å². The lowest BCUT2D eigenvalue weighted by atomic mass is 9.65. The summed E-state index contributed by atoms with van der Waals surface area (Å²) in [7, 11) is 0. The second kappa shape index (κ2) is 3.15. The number of azo groups is 1. The highest BCUT2D eigenvalue weighted by molar-refractivity contribution is 6.30. The number of benzene rings is 1. The molecule has 2 saturated carbocycles. The SMILES string of the molecule is Clc1ccc([N+]2=NNC3C4CC5(CN=NC45)C32)cc1. The molecule has 2 bridgehead atoms. The monoisotopic (exact) mass is 274 g/mol. The van der Waals surface area contributed by atoms with E-state index in [1.807, 2.05) is 24.3 Å². The Morgan fingerprint density at radius 2 is 2.16 bits per heavy atom. The van der Waals surface area contributed by atoms with Crippen molar-refractivity contribution in [1.82, 2.24) is 5.43 Å². The van der Waals surface area contributed by atoms with Crippen LogP contribution in [0.2, 0.25) is 5.02 Å². The van der Waals surface area contributed by atoms with Crippen molar-refractivity contribution in [2.24, 2.45) is 26.8 Å². The van der Waals surface area contributed by atoms with Gasteiger partial charge in [-0.3, -0.25) is 0 Å². The van der Waals surface area contributed by atoms with Gasteiger partial charge >= 0.3 is 0 Å². The third kappa shape index (κ3) is 1.05. The molecule has 19 heavy (non-hydrogen) atoms. The van der Waals surface area contributed by atoms with Crippen molar-refractivity contribution in [2.75, 3.05) is 6.54 Å². The van der Waals surface area contributed by atoms with E-state index >= 15 is 0 Å². The van der Waals surface area contributed by atoms with Crippen molar-refractivity contribution in [1.29, 1.82) is 0 Å². The minimum absolute atomic E-state index is 0.224. The molecule has 5 nitrogen and oxygen atoms in total. The summed E-state index contributed by atoms with van der Waals surface area (Å²) in [6, 6.07) is 9.12.